The highest BCUT2D eigenvalue weighted by atomic mass is 32.2. The number of carbonyl (C=O) groups is 2. The molecular weight excluding hydrogens is 440 g/mol. The molecule has 0 fully saturated rings. The standard InChI is InChI=1S/C25H20N2O5S/c1-2-21(32-24(28)16-13-17-11-14-18(15-12-17)27(30)31)25(29)26-19-7-3-5-9-22(19)33-23-10-6-4-8-20(23)26/h3-16,21H,2H2,1H3/b16-13+/t21-/m1/s1. The monoisotopic (exact) mass is 460 g/mol. The van der Waals surface area contributed by atoms with Crippen molar-refractivity contribution in [3.63, 3.8) is 0 Å². The van der Waals surface area contributed by atoms with Crippen molar-refractivity contribution in [2.24, 2.45) is 0 Å². The van der Waals surface area contributed by atoms with E-state index in [1.807, 2.05) is 48.5 Å². The van der Waals surface area contributed by atoms with Crippen molar-refractivity contribution in [2.75, 3.05) is 4.90 Å². The number of nitrogens with zero attached hydrogens (tertiary/aromatic N) is 2. The molecule has 0 saturated heterocycles. The third kappa shape index (κ3) is 4.80. The highest BCUT2D eigenvalue weighted by Crippen LogP contribution is 2.48. The summed E-state index contributed by atoms with van der Waals surface area (Å²) in [7, 11) is 0. The number of carbonyl (C=O) groups excluding carboxylic acids is 2. The zero-order valence-corrected chi connectivity index (χ0v) is 18.5. The first-order valence-corrected chi connectivity index (χ1v) is 11.1. The van der Waals surface area contributed by atoms with Gasteiger partial charge >= 0.3 is 5.97 Å². The molecule has 7 nitrogen and oxygen atoms in total. The molecule has 33 heavy (non-hydrogen) atoms. The highest BCUT2D eigenvalue weighted by molar-refractivity contribution is 7.99. The van der Waals surface area contributed by atoms with Crippen molar-refractivity contribution >= 4 is 46.8 Å². The lowest BCUT2D eigenvalue weighted by Gasteiger charge is -2.33. The second-order valence-electron chi connectivity index (χ2n) is 7.23. The van der Waals surface area contributed by atoms with Gasteiger partial charge in [-0.1, -0.05) is 43.0 Å². The second kappa shape index (κ2) is 9.70. The van der Waals surface area contributed by atoms with Crippen molar-refractivity contribution in [1.82, 2.24) is 0 Å². The Morgan fingerprint density at radius 3 is 2.12 bits per heavy atom. The zero-order valence-electron chi connectivity index (χ0n) is 17.7. The molecule has 0 bridgehead atoms. The van der Waals surface area contributed by atoms with Gasteiger partial charge in [-0.25, -0.2) is 4.79 Å². The molecule has 0 unspecified atom stereocenters. The molecule has 166 valence electrons. The fourth-order valence-corrected chi connectivity index (χ4v) is 4.50. The maximum atomic E-state index is 13.5. The Bertz CT molecular complexity index is 1190. The Kier molecular flexibility index (Phi) is 6.55. The number of hydrogen-bond donors (Lipinski definition) is 0. The maximum absolute atomic E-state index is 13.5. The summed E-state index contributed by atoms with van der Waals surface area (Å²) in [5.41, 5.74) is 2.07. The minimum Gasteiger partial charge on any atom is -0.449 e. The highest BCUT2D eigenvalue weighted by Gasteiger charge is 2.33. The first kappa shape index (κ1) is 22.3. The molecular formula is C25H20N2O5S. The fourth-order valence-electron chi connectivity index (χ4n) is 3.45. The van der Waals surface area contributed by atoms with Crippen LogP contribution in [0.5, 0.6) is 0 Å². The van der Waals surface area contributed by atoms with Gasteiger partial charge in [-0.2, -0.15) is 0 Å². The van der Waals surface area contributed by atoms with Crippen LogP contribution in [0.3, 0.4) is 0 Å². The lowest BCUT2D eigenvalue weighted by atomic mass is 10.1. The van der Waals surface area contributed by atoms with E-state index in [9.17, 15) is 19.7 Å². The van der Waals surface area contributed by atoms with E-state index in [1.165, 1.54) is 36.4 Å². The first-order valence-electron chi connectivity index (χ1n) is 10.3. The minimum absolute atomic E-state index is 0.0355. The van der Waals surface area contributed by atoms with E-state index in [-0.39, 0.29) is 11.6 Å². The molecule has 1 aliphatic heterocycles. The summed E-state index contributed by atoms with van der Waals surface area (Å²) >= 11 is 1.59. The molecule has 3 aromatic carbocycles. The number of anilines is 2. The minimum atomic E-state index is -0.969. The van der Waals surface area contributed by atoms with Crippen LogP contribution >= 0.6 is 11.8 Å². The van der Waals surface area contributed by atoms with Crippen molar-refractivity contribution in [1.29, 1.82) is 0 Å². The third-order valence-electron chi connectivity index (χ3n) is 5.07. The van der Waals surface area contributed by atoms with Crippen molar-refractivity contribution in [3.8, 4) is 0 Å². The van der Waals surface area contributed by atoms with Gasteiger partial charge in [0.1, 0.15) is 0 Å². The summed E-state index contributed by atoms with van der Waals surface area (Å²) in [6.45, 7) is 1.78. The molecule has 0 aliphatic carbocycles. The van der Waals surface area contributed by atoms with Gasteiger partial charge in [-0.3, -0.25) is 19.8 Å². The van der Waals surface area contributed by atoms with Gasteiger partial charge in [-0.05, 0) is 54.5 Å². The third-order valence-corrected chi connectivity index (χ3v) is 6.20. The summed E-state index contributed by atoms with van der Waals surface area (Å²) in [4.78, 5) is 39.7. The number of amides is 1. The van der Waals surface area contributed by atoms with Crippen molar-refractivity contribution in [3.05, 3.63) is 94.6 Å². The Hall–Kier alpha value is -3.91. The maximum Gasteiger partial charge on any atom is 0.331 e. The van der Waals surface area contributed by atoms with E-state index in [0.29, 0.717) is 12.0 Å². The van der Waals surface area contributed by atoms with Crippen LogP contribution in [0.4, 0.5) is 17.1 Å². The second-order valence-corrected chi connectivity index (χ2v) is 8.31. The van der Waals surface area contributed by atoms with Gasteiger partial charge in [0.2, 0.25) is 0 Å². The summed E-state index contributed by atoms with van der Waals surface area (Å²) in [5.74, 6) is -0.990. The van der Waals surface area contributed by atoms with E-state index >= 15 is 0 Å². The molecule has 3 aromatic rings. The fraction of sp³-hybridized carbons (Fsp3) is 0.120. The number of non-ortho nitro benzene ring substituents is 1. The molecule has 1 aliphatic rings. The Morgan fingerprint density at radius 1 is 1.00 bits per heavy atom. The molecule has 8 heteroatoms. The Labute approximate surface area is 194 Å². The molecule has 1 heterocycles. The van der Waals surface area contributed by atoms with Crippen molar-refractivity contribution < 1.29 is 19.2 Å². The smallest absolute Gasteiger partial charge is 0.331 e. The van der Waals surface area contributed by atoms with Gasteiger partial charge in [0.25, 0.3) is 11.6 Å². The number of para-hydroxylation sites is 2. The molecule has 4 rings (SSSR count). The number of hydrogen-bond acceptors (Lipinski definition) is 6. The predicted molar refractivity (Wildman–Crippen MR) is 126 cm³/mol. The summed E-state index contributed by atoms with van der Waals surface area (Å²) in [6.07, 6.45) is 2.05. The van der Waals surface area contributed by atoms with Gasteiger partial charge < -0.3 is 4.74 Å². The number of nitro benzene ring substituents is 1. The first-order chi connectivity index (χ1) is 16.0. The van der Waals surface area contributed by atoms with E-state index < -0.39 is 17.0 Å². The predicted octanol–water partition coefficient (Wildman–Crippen LogP) is 5.76. The normalized spacial score (nSPS) is 13.2. The molecule has 1 amide bonds. The van der Waals surface area contributed by atoms with Gasteiger partial charge in [0.15, 0.2) is 6.10 Å². The zero-order chi connectivity index (χ0) is 23.4. The lowest BCUT2D eigenvalue weighted by molar-refractivity contribution is -0.384. The Morgan fingerprint density at radius 2 is 1.58 bits per heavy atom. The van der Waals surface area contributed by atoms with Crippen LogP contribution in [0.1, 0.15) is 18.9 Å². The van der Waals surface area contributed by atoms with E-state index in [1.54, 1.807) is 23.6 Å². The topological polar surface area (TPSA) is 89.7 Å². The average molecular weight is 461 g/mol. The van der Waals surface area contributed by atoms with Gasteiger partial charge in [0.05, 0.1) is 16.3 Å². The number of ether oxygens (including phenoxy) is 1. The van der Waals surface area contributed by atoms with E-state index in [0.717, 1.165) is 21.2 Å². The van der Waals surface area contributed by atoms with Crippen LogP contribution in [0.2, 0.25) is 0 Å². The van der Waals surface area contributed by atoms with Crippen LogP contribution < -0.4 is 4.90 Å². The summed E-state index contributed by atoms with van der Waals surface area (Å²) in [6, 6.07) is 21.0. The van der Waals surface area contributed by atoms with Crippen LogP contribution in [0, 0.1) is 10.1 Å². The largest absolute Gasteiger partial charge is 0.449 e. The van der Waals surface area contributed by atoms with Gasteiger partial charge in [0, 0.05) is 28.0 Å². The summed E-state index contributed by atoms with van der Waals surface area (Å²) < 4.78 is 5.50. The Balaban J connectivity index is 1.53. The number of esters is 1. The quantitative estimate of drug-likeness (QED) is 0.201. The SMILES string of the molecule is CC[C@@H](OC(=O)/C=C/c1ccc([N+](=O)[O-])cc1)C(=O)N1c2ccccc2Sc2ccccc21. The van der Waals surface area contributed by atoms with E-state index in [2.05, 4.69) is 0 Å². The van der Waals surface area contributed by atoms with Crippen molar-refractivity contribution in [2.45, 2.75) is 29.2 Å². The lowest BCUT2D eigenvalue weighted by Crippen LogP contribution is -2.39. The number of nitro groups is 1. The number of rotatable bonds is 6. The van der Waals surface area contributed by atoms with Crippen LogP contribution in [0.25, 0.3) is 6.08 Å². The van der Waals surface area contributed by atoms with Gasteiger partial charge in [-0.15, -0.1) is 0 Å². The molecule has 0 spiro atoms. The molecule has 0 aromatic heterocycles. The summed E-state index contributed by atoms with van der Waals surface area (Å²) in [5, 5.41) is 10.8. The number of benzene rings is 3. The van der Waals surface area contributed by atoms with E-state index in [4.69, 9.17) is 4.74 Å². The molecule has 0 N–H and O–H groups in total. The van der Waals surface area contributed by atoms with Crippen LogP contribution in [-0.4, -0.2) is 22.9 Å². The molecule has 1 atom stereocenters. The number of fused-ring (bicyclic) bond motifs is 2. The van der Waals surface area contributed by atoms with Crippen LogP contribution in [-0.2, 0) is 14.3 Å². The average Bonchev–Trinajstić information content (AvgIpc) is 2.84. The molecule has 0 radical (unpaired) electrons. The molecule has 0 saturated carbocycles. The van der Waals surface area contributed by atoms with Crippen LogP contribution in [0.15, 0.2) is 88.7 Å².